The summed E-state index contributed by atoms with van der Waals surface area (Å²) in [6.07, 6.45) is 0. The lowest BCUT2D eigenvalue weighted by atomic mass is 9.97. The van der Waals surface area contributed by atoms with Gasteiger partial charge < -0.3 is 4.42 Å². The molecule has 0 aliphatic heterocycles. The number of halogens is 1. The second-order valence-electron chi connectivity index (χ2n) is 5.98. The monoisotopic (exact) mass is 372 g/mol. The third-order valence-corrected chi connectivity index (χ3v) is 5.01. The lowest BCUT2D eigenvalue weighted by Crippen LogP contribution is -1.81. The van der Waals surface area contributed by atoms with Gasteiger partial charge in [-0.25, -0.2) is 0 Å². The number of hydrogen-bond acceptors (Lipinski definition) is 1. The molecule has 5 rings (SSSR count). The van der Waals surface area contributed by atoms with Crippen molar-refractivity contribution in [2.45, 2.75) is 0 Å². The molecule has 0 saturated carbocycles. The lowest BCUT2D eigenvalue weighted by Gasteiger charge is -2.06. The molecule has 0 aliphatic rings. The molecule has 1 aromatic heterocycles. The highest BCUT2D eigenvalue weighted by Gasteiger charge is 2.12. The number of benzene rings is 4. The first-order valence-corrected chi connectivity index (χ1v) is 8.69. The van der Waals surface area contributed by atoms with Gasteiger partial charge in [-0.1, -0.05) is 64.5 Å². The smallest absolute Gasteiger partial charge is 0.136 e. The lowest BCUT2D eigenvalue weighted by molar-refractivity contribution is 0.669. The van der Waals surface area contributed by atoms with E-state index in [2.05, 4.69) is 76.6 Å². The average Bonchev–Trinajstić information content (AvgIpc) is 3.00. The Morgan fingerprint density at radius 3 is 2.42 bits per heavy atom. The van der Waals surface area contributed by atoms with E-state index in [-0.39, 0.29) is 0 Å². The van der Waals surface area contributed by atoms with Crippen LogP contribution in [0.3, 0.4) is 0 Å². The van der Waals surface area contributed by atoms with E-state index in [1.54, 1.807) is 0 Å². The van der Waals surface area contributed by atoms with Gasteiger partial charge in [0.2, 0.25) is 0 Å². The first-order chi connectivity index (χ1) is 11.8. The summed E-state index contributed by atoms with van der Waals surface area (Å²) in [5.41, 5.74) is 4.29. The van der Waals surface area contributed by atoms with Crippen LogP contribution in [0.2, 0.25) is 0 Å². The Morgan fingerprint density at radius 1 is 0.667 bits per heavy atom. The van der Waals surface area contributed by atoms with Crippen molar-refractivity contribution >= 4 is 48.6 Å². The van der Waals surface area contributed by atoms with Gasteiger partial charge in [0.05, 0.1) is 0 Å². The highest BCUT2D eigenvalue weighted by Crippen LogP contribution is 2.37. The van der Waals surface area contributed by atoms with E-state index in [1.165, 1.54) is 32.7 Å². The minimum absolute atomic E-state index is 0.935. The predicted molar refractivity (Wildman–Crippen MR) is 104 cm³/mol. The van der Waals surface area contributed by atoms with E-state index in [4.69, 9.17) is 4.42 Å². The summed E-state index contributed by atoms with van der Waals surface area (Å²) in [5.74, 6) is 0. The van der Waals surface area contributed by atoms with Crippen LogP contribution in [-0.2, 0) is 0 Å². The summed E-state index contributed by atoms with van der Waals surface area (Å²) in [5, 5.41) is 4.82. The Morgan fingerprint density at radius 2 is 1.46 bits per heavy atom. The van der Waals surface area contributed by atoms with Crippen LogP contribution in [0.1, 0.15) is 0 Å². The summed E-state index contributed by atoms with van der Waals surface area (Å²) < 4.78 is 7.11. The highest BCUT2D eigenvalue weighted by molar-refractivity contribution is 9.10. The van der Waals surface area contributed by atoms with E-state index in [1.807, 2.05) is 18.2 Å². The summed E-state index contributed by atoms with van der Waals surface area (Å²) >= 11 is 3.54. The van der Waals surface area contributed by atoms with Crippen LogP contribution in [0.25, 0.3) is 43.8 Å². The standard InChI is InChI=1S/C22H13BrO/c23-17-11-10-14-12-16(9-8-15(14)13-17)18-5-3-7-21-22(18)19-4-1-2-6-20(19)24-21/h1-13H. The van der Waals surface area contributed by atoms with Gasteiger partial charge in [-0.15, -0.1) is 0 Å². The van der Waals surface area contributed by atoms with Gasteiger partial charge in [0.25, 0.3) is 0 Å². The maximum Gasteiger partial charge on any atom is 0.136 e. The fourth-order valence-corrected chi connectivity index (χ4v) is 3.78. The molecule has 0 N–H and O–H groups in total. The van der Waals surface area contributed by atoms with Crippen LogP contribution in [0.5, 0.6) is 0 Å². The Labute approximate surface area is 147 Å². The van der Waals surface area contributed by atoms with Gasteiger partial charge in [0, 0.05) is 15.2 Å². The maximum atomic E-state index is 6.01. The SMILES string of the molecule is Brc1ccc2cc(-c3cccc4oc5ccccc5c34)ccc2c1. The average molecular weight is 373 g/mol. The number of hydrogen-bond donors (Lipinski definition) is 0. The molecule has 0 radical (unpaired) electrons. The summed E-state index contributed by atoms with van der Waals surface area (Å²) in [6, 6.07) is 27.5. The van der Waals surface area contributed by atoms with Crippen molar-refractivity contribution in [1.82, 2.24) is 0 Å². The Hall–Kier alpha value is -2.58. The Kier molecular flexibility index (Phi) is 3.00. The van der Waals surface area contributed by atoms with Crippen LogP contribution in [0, 0.1) is 0 Å². The van der Waals surface area contributed by atoms with Gasteiger partial charge in [0.15, 0.2) is 0 Å². The molecule has 5 aromatic rings. The first-order valence-electron chi connectivity index (χ1n) is 7.89. The molecule has 0 bridgehead atoms. The van der Waals surface area contributed by atoms with Crippen molar-refractivity contribution in [3.05, 3.63) is 83.3 Å². The second kappa shape index (κ2) is 5.22. The Balaban J connectivity index is 1.84. The summed E-state index contributed by atoms with van der Waals surface area (Å²) in [6.45, 7) is 0. The van der Waals surface area contributed by atoms with Gasteiger partial charge in [0.1, 0.15) is 11.2 Å². The van der Waals surface area contributed by atoms with Crippen molar-refractivity contribution in [2.75, 3.05) is 0 Å². The van der Waals surface area contributed by atoms with E-state index in [9.17, 15) is 0 Å². The molecule has 2 heteroatoms. The zero-order chi connectivity index (χ0) is 16.1. The molecule has 0 saturated heterocycles. The summed E-state index contributed by atoms with van der Waals surface area (Å²) in [4.78, 5) is 0. The van der Waals surface area contributed by atoms with Crippen molar-refractivity contribution in [2.24, 2.45) is 0 Å². The fraction of sp³-hybridized carbons (Fsp3) is 0. The van der Waals surface area contributed by atoms with Gasteiger partial charge in [-0.3, -0.25) is 0 Å². The van der Waals surface area contributed by atoms with Crippen LogP contribution >= 0.6 is 15.9 Å². The van der Waals surface area contributed by atoms with E-state index >= 15 is 0 Å². The molecule has 0 atom stereocenters. The van der Waals surface area contributed by atoms with E-state index in [0.717, 1.165) is 15.6 Å². The largest absolute Gasteiger partial charge is 0.456 e. The van der Waals surface area contributed by atoms with Crippen LogP contribution in [0.15, 0.2) is 87.8 Å². The predicted octanol–water partition coefficient (Wildman–Crippen LogP) is 7.17. The van der Waals surface area contributed by atoms with E-state index in [0.29, 0.717) is 0 Å². The normalized spacial score (nSPS) is 11.5. The molecular formula is C22H13BrO. The molecule has 114 valence electrons. The maximum absolute atomic E-state index is 6.01. The highest BCUT2D eigenvalue weighted by atomic mass is 79.9. The van der Waals surface area contributed by atoms with Crippen LogP contribution < -0.4 is 0 Å². The third-order valence-electron chi connectivity index (χ3n) is 4.52. The van der Waals surface area contributed by atoms with Crippen molar-refractivity contribution in [3.8, 4) is 11.1 Å². The molecular weight excluding hydrogens is 360 g/mol. The van der Waals surface area contributed by atoms with Crippen molar-refractivity contribution in [3.63, 3.8) is 0 Å². The van der Waals surface area contributed by atoms with Gasteiger partial charge in [-0.2, -0.15) is 0 Å². The molecule has 0 spiro atoms. The molecule has 24 heavy (non-hydrogen) atoms. The number of furan rings is 1. The molecule has 1 nitrogen and oxygen atoms in total. The van der Waals surface area contributed by atoms with Crippen molar-refractivity contribution < 1.29 is 4.42 Å². The minimum Gasteiger partial charge on any atom is -0.456 e. The number of fused-ring (bicyclic) bond motifs is 4. The van der Waals surface area contributed by atoms with Gasteiger partial charge >= 0.3 is 0 Å². The van der Waals surface area contributed by atoms with Crippen molar-refractivity contribution in [1.29, 1.82) is 0 Å². The van der Waals surface area contributed by atoms with Gasteiger partial charge in [-0.05, 0) is 52.2 Å². The minimum atomic E-state index is 0.935. The third kappa shape index (κ3) is 2.07. The fourth-order valence-electron chi connectivity index (χ4n) is 3.40. The zero-order valence-electron chi connectivity index (χ0n) is 12.8. The zero-order valence-corrected chi connectivity index (χ0v) is 14.4. The summed E-state index contributed by atoms with van der Waals surface area (Å²) in [7, 11) is 0. The van der Waals surface area contributed by atoms with Crippen LogP contribution in [-0.4, -0.2) is 0 Å². The molecule has 1 heterocycles. The molecule has 0 amide bonds. The van der Waals surface area contributed by atoms with Crippen LogP contribution in [0.4, 0.5) is 0 Å². The number of rotatable bonds is 1. The Bertz CT molecular complexity index is 1220. The molecule has 0 aliphatic carbocycles. The quantitative estimate of drug-likeness (QED) is 0.304. The molecule has 4 aromatic carbocycles. The molecule has 0 unspecified atom stereocenters. The topological polar surface area (TPSA) is 13.1 Å². The molecule has 0 fully saturated rings. The number of para-hydroxylation sites is 1. The second-order valence-corrected chi connectivity index (χ2v) is 6.90. The first kappa shape index (κ1) is 13.8. The van der Waals surface area contributed by atoms with E-state index < -0.39 is 0 Å².